The van der Waals surface area contributed by atoms with E-state index in [4.69, 9.17) is 5.73 Å². The highest BCUT2D eigenvalue weighted by atomic mass is 32.2. The van der Waals surface area contributed by atoms with Gasteiger partial charge in [0.25, 0.3) is 5.56 Å². The quantitative estimate of drug-likeness (QED) is 0.550. The van der Waals surface area contributed by atoms with Gasteiger partial charge in [0, 0.05) is 18.2 Å². The molecule has 0 amide bonds. The third-order valence-electron chi connectivity index (χ3n) is 2.68. The zero-order valence-electron chi connectivity index (χ0n) is 12.0. The molecule has 7 nitrogen and oxygen atoms in total. The van der Waals surface area contributed by atoms with E-state index in [0.29, 0.717) is 5.16 Å². The molecule has 0 aliphatic heterocycles. The molecule has 0 saturated heterocycles. The lowest BCUT2D eigenvalue weighted by atomic mass is 10.2. The van der Waals surface area contributed by atoms with Gasteiger partial charge in [0.15, 0.2) is 5.16 Å². The number of H-pyrrole nitrogens is 1. The number of rotatable bonds is 6. The number of nitrogens with two attached hydrogens (primary N) is 1. The Bertz CT molecular complexity index is 672. The minimum atomic E-state index is -0.275. The summed E-state index contributed by atoms with van der Waals surface area (Å²) in [7, 11) is 0. The number of nitrogens with one attached hydrogen (secondary N) is 2. The molecule has 2 aromatic heterocycles. The number of anilines is 2. The van der Waals surface area contributed by atoms with Crippen molar-refractivity contribution in [2.45, 2.75) is 36.9 Å². The van der Waals surface area contributed by atoms with E-state index < -0.39 is 0 Å². The van der Waals surface area contributed by atoms with E-state index in [9.17, 15) is 4.79 Å². The summed E-state index contributed by atoms with van der Waals surface area (Å²) >= 11 is 1.28. The molecular formula is C13H18N6OS. The molecule has 0 fully saturated rings. The maximum Gasteiger partial charge on any atom is 0.253 e. The smallest absolute Gasteiger partial charge is 0.253 e. The van der Waals surface area contributed by atoms with Crippen molar-refractivity contribution in [2.75, 3.05) is 17.6 Å². The van der Waals surface area contributed by atoms with Crippen LogP contribution in [0.2, 0.25) is 0 Å². The predicted octanol–water partition coefficient (Wildman–Crippen LogP) is 1.68. The Kier molecular flexibility index (Phi) is 5.15. The highest BCUT2D eigenvalue weighted by Crippen LogP contribution is 2.29. The SMILES string of the molecule is CCCc1c(NCC)ncnc1Sc1nc(N)cc(=O)[nH]1. The second-order valence-electron chi connectivity index (χ2n) is 4.36. The van der Waals surface area contributed by atoms with Crippen molar-refractivity contribution in [1.29, 1.82) is 0 Å². The van der Waals surface area contributed by atoms with Crippen molar-refractivity contribution < 1.29 is 0 Å². The molecule has 0 atom stereocenters. The fourth-order valence-corrected chi connectivity index (χ4v) is 2.78. The molecule has 21 heavy (non-hydrogen) atoms. The topological polar surface area (TPSA) is 110 Å². The maximum atomic E-state index is 11.4. The van der Waals surface area contributed by atoms with E-state index in [-0.39, 0.29) is 11.4 Å². The van der Waals surface area contributed by atoms with Gasteiger partial charge in [0.05, 0.1) is 0 Å². The van der Waals surface area contributed by atoms with Gasteiger partial charge in [0.1, 0.15) is 23.0 Å². The standard InChI is InChI=1S/C13H18N6OS/c1-3-5-8-11(15-4-2)16-7-17-12(8)21-13-18-9(14)6-10(20)19-13/h6-7H,3-5H2,1-2H3,(H,15,16,17)(H3,14,18,19,20). The maximum absolute atomic E-state index is 11.4. The van der Waals surface area contributed by atoms with Crippen LogP contribution in [0.25, 0.3) is 0 Å². The second-order valence-corrected chi connectivity index (χ2v) is 5.34. The van der Waals surface area contributed by atoms with Crippen LogP contribution in [0.1, 0.15) is 25.8 Å². The van der Waals surface area contributed by atoms with Crippen LogP contribution in [0.4, 0.5) is 11.6 Å². The average Bonchev–Trinajstić information content (AvgIpc) is 2.41. The van der Waals surface area contributed by atoms with Gasteiger partial charge in [-0.3, -0.25) is 4.79 Å². The lowest BCUT2D eigenvalue weighted by Crippen LogP contribution is -2.10. The molecule has 0 saturated carbocycles. The van der Waals surface area contributed by atoms with E-state index in [1.165, 1.54) is 24.2 Å². The molecule has 0 aliphatic rings. The largest absolute Gasteiger partial charge is 0.383 e. The number of aromatic amines is 1. The summed E-state index contributed by atoms with van der Waals surface area (Å²) in [5.41, 5.74) is 6.35. The Labute approximate surface area is 126 Å². The third-order valence-corrected chi connectivity index (χ3v) is 3.62. The molecule has 0 bridgehead atoms. The molecule has 0 spiro atoms. The van der Waals surface area contributed by atoms with Crippen LogP contribution in [-0.4, -0.2) is 26.5 Å². The van der Waals surface area contributed by atoms with Crippen molar-refractivity contribution in [3.8, 4) is 0 Å². The average molecular weight is 306 g/mol. The third kappa shape index (κ3) is 3.94. The Morgan fingerprint density at radius 1 is 1.38 bits per heavy atom. The predicted molar refractivity (Wildman–Crippen MR) is 83.6 cm³/mol. The van der Waals surface area contributed by atoms with Gasteiger partial charge in [-0.25, -0.2) is 15.0 Å². The zero-order valence-corrected chi connectivity index (χ0v) is 12.8. The van der Waals surface area contributed by atoms with Crippen LogP contribution in [0.15, 0.2) is 27.4 Å². The van der Waals surface area contributed by atoms with E-state index in [1.807, 2.05) is 6.92 Å². The van der Waals surface area contributed by atoms with Crippen molar-refractivity contribution in [2.24, 2.45) is 0 Å². The highest BCUT2D eigenvalue weighted by Gasteiger charge is 2.13. The number of nitrogens with zero attached hydrogens (tertiary/aromatic N) is 3. The van der Waals surface area contributed by atoms with Crippen molar-refractivity contribution >= 4 is 23.4 Å². The van der Waals surface area contributed by atoms with E-state index in [2.05, 4.69) is 32.2 Å². The minimum Gasteiger partial charge on any atom is -0.383 e. The van der Waals surface area contributed by atoms with E-state index >= 15 is 0 Å². The van der Waals surface area contributed by atoms with Crippen LogP contribution < -0.4 is 16.6 Å². The number of hydrogen-bond donors (Lipinski definition) is 3. The Balaban J connectivity index is 2.38. The first-order valence-electron chi connectivity index (χ1n) is 6.76. The van der Waals surface area contributed by atoms with Crippen molar-refractivity contribution in [3.63, 3.8) is 0 Å². The molecule has 0 radical (unpaired) electrons. The van der Waals surface area contributed by atoms with Crippen molar-refractivity contribution in [1.82, 2.24) is 19.9 Å². The fraction of sp³-hybridized carbons (Fsp3) is 0.385. The first-order chi connectivity index (χ1) is 10.1. The summed E-state index contributed by atoms with van der Waals surface area (Å²) in [5.74, 6) is 1.02. The molecular weight excluding hydrogens is 288 g/mol. The van der Waals surface area contributed by atoms with Gasteiger partial charge in [0.2, 0.25) is 0 Å². The minimum absolute atomic E-state index is 0.194. The molecule has 0 aromatic carbocycles. The van der Waals surface area contributed by atoms with Gasteiger partial charge in [-0.1, -0.05) is 13.3 Å². The summed E-state index contributed by atoms with van der Waals surface area (Å²) in [6, 6.07) is 1.25. The Hall–Kier alpha value is -2.09. The Morgan fingerprint density at radius 2 is 2.19 bits per heavy atom. The summed E-state index contributed by atoms with van der Waals surface area (Å²) in [6.07, 6.45) is 3.32. The summed E-state index contributed by atoms with van der Waals surface area (Å²) < 4.78 is 0. The molecule has 112 valence electrons. The summed E-state index contributed by atoms with van der Waals surface area (Å²) in [4.78, 5) is 26.8. The van der Waals surface area contributed by atoms with Crippen LogP contribution in [0, 0.1) is 0 Å². The van der Waals surface area contributed by atoms with Gasteiger partial charge in [-0.2, -0.15) is 0 Å². The van der Waals surface area contributed by atoms with Crippen molar-refractivity contribution in [3.05, 3.63) is 28.3 Å². The normalized spacial score (nSPS) is 10.6. The fourth-order valence-electron chi connectivity index (χ4n) is 1.87. The van der Waals surface area contributed by atoms with Crippen LogP contribution in [-0.2, 0) is 6.42 Å². The highest BCUT2D eigenvalue weighted by molar-refractivity contribution is 7.99. The number of nitrogen functional groups attached to an aromatic ring is 1. The lowest BCUT2D eigenvalue weighted by molar-refractivity contribution is 0.850. The molecule has 0 aliphatic carbocycles. The van der Waals surface area contributed by atoms with Crippen LogP contribution >= 0.6 is 11.8 Å². The molecule has 8 heteroatoms. The number of hydrogen-bond acceptors (Lipinski definition) is 7. The monoisotopic (exact) mass is 306 g/mol. The van der Waals surface area contributed by atoms with E-state index in [1.54, 1.807) is 0 Å². The summed E-state index contributed by atoms with van der Waals surface area (Å²) in [5, 5.41) is 4.43. The van der Waals surface area contributed by atoms with Gasteiger partial charge in [-0.05, 0) is 25.1 Å². The second kappa shape index (κ2) is 7.07. The first kappa shape index (κ1) is 15.3. The molecule has 4 N–H and O–H groups in total. The molecule has 2 aromatic rings. The zero-order chi connectivity index (χ0) is 15.2. The number of aromatic nitrogens is 4. The summed E-state index contributed by atoms with van der Waals surface area (Å²) in [6.45, 7) is 4.89. The lowest BCUT2D eigenvalue weighted by Gasteiger charge is -2.12. The molecule has 2 rings (SSSR count). The van der Waals surface area contributed by atoms with Gasteiger partial charge in [-0.15, -0.1) is 0 Å². The first-order valence-corrected chi connectivity index (χ1v) is 7.58. The molecule has 0 unspecified atom stereocenters. The van der Waals surface area contributed by atoms with Gasteiger partial charge >= 0.3 is 0 Å². The Morgan fingerprint density at radius 3 is 2.86 bits per heavy atom. The van der Waals surface area contributed by atoms with E-state index in [0.717, 1.165) is 35.8 Å². The van der Waals surface area contributed by atoms with Crippen LogP contribution in [0.3, 0.4) is 0 Å². The molecule has 2 heterocycles. The van der Waals surface area contributed by atoms with Gasteiger partial charge < -0.3 is 16.0 Å². The van der Waals surface area contributed by atoms with Crippen LogP contribution in [0.5, 0.6) is 0 Å².